The van der Waals surface area contributed by atoms with Crippen LogP contribution in [-0.2, 0) is 13.6 Å². The first-order valence-electron chi connectivity index (χ1n) is 10.3. The molecule has 1 saturated carbocycles. The Morgan fingerprint density at radius 2 is 1.89 bits per heavy atom. The van der Waals surface area contributed by atoms with E-state index in [9.17, 15) is 4.79 Å². The average Bonchev–Trinajstić information content (AvgIpc) is 3.14. The first-order chi connectivity index (χ1) is 13.0. The minimum atomic E-state index is 0.0786. The standard InChI is InChI=1S/C21H31N5O/c1-15-13-19(23-24(15)3)21(27)25-10-7-17(8-11-25)9-12-26-16(2)14-22-20(26)18-5-4-6-18/h13-14,17-18H,4-12H2,1-3H3. The molecule has 4 rings (SSSR count). The third-order valence-electron chi connectivity index (χ3n) is 6.55. The highest BCUT2D eigenvalue weighted by atomic mass is 16.2. The molecule has 1 saturated heterocycles. The van der Waals surface area contributed by atoms with Gasteiger partial charge in [-0.2, -0.15) is 5.10 Å². The smallest absolute Gasteiger partial charge is 0.274 e. The van der Waals surface area contributed by atoms with Crippen molar-refractivity contribution in [3.8, 4) is 0 Å². The van der Waals surface area contributed by atoms with Gasteiger partial charge in [-0.3, -0.25) is 9.48 Å². The second-order valence-electron chi connectivity index (χ2n) is 8.36. The monoisotopic (exact) mass is 369 g/mol. The molecule has 146 valence electrons. The lowest BCUT2D eigenvalue weighted by Gasteiger charge is -2.32. The third kappa shape index (κ3) is 3.66. The van der Waals surface area contributed by atoms with Crippen LogP contribution >= 0.6 is 0 Å². The number of hydrogen-bond donors (Lipinski definition) is 0. The van der Waals surface area contributed by atoms with Crippen LogP contribution in [0.4, 0.5) is 0 Å². The molecule has 2 aliphatic rings. The van der Waals surface area contributed by atoms with E-state index < -0.39 is 0 Å². The Hall–Kier alpha value is -2.11. The van der Waals surface area contributed by atoms with Gasteiger partial charge >= 0.3 is 0 Å². The summed E-state index contributed by atoms with van der Waals surface area (Å²) in [5, 5.41) is 4.34. The Labute approximate surface area is 161 Å². The number of aryl methyl sites for hydroxylation is 3. The van der Waals surface area contributed by atoms with E-state index in [1.807, 2.05) is 31.1 Å². The summed E-state index contributed by atoms with van der Waals surface area (Å²) in [6.07, 6.45) is 9.33. The number of aromatic nitrogens is 4. The van der Waals surface area contributed by atoms with Crippen LogP contribution in [0.25, 0.3) is 0 Å². The normalized spacial score (nSPS) is 18.7. The van der Waals surface area contributed by atoms with Gasteiger partial charge in [0.25, 0.3) is 5.91 Å². The number of likely N-dealkylation sites (tertiary alicyclic amines) is 1. The first-order valence-corrected chi connectivity index (χ1v) is 10.3. The number of piperidine rings is 1. The number of hydrogen-bond acceptors (Lipinski definition) is 3. The fraction of sp³-hybridized carbons (Fsp3) is 0.667. The van der Waals surface area contributed by atoms with E-state index >= 15 is 0 Å². The van der Waals surface area contributed by atoms with Crippen molar-refractivity contribution >= 4 is 5.91 Å². The Morgan fingerprint density at radius 1 is 1.15 bits per heavy atom. The van der Waals surface area contributed by atoms with Crippen LogP contribution in [-0.4, -0.2) is 43.2 Å². The van der Waals surface area contributed by atoms with Gasteiger partial charge in [-0.05, 0) is 57.9 Å². The fourth-order valence-electron chi connectivity index (χ4n) is 4.33. The van der Waals surface area contributed by atoms with Gasteiger partial charge in [0, 0.05) is 50.2 Å². The summed E-state index contributed by atoms with van der Waals surface area (Å²) in [6, 6.07) is 1.89. The average molecular weight is 370 g/mol. The molecule has 6 nitrogen and oxygen atoms in total. The van der Waals surface area contributed by atoms with Crippen LogP contribution in [0, 0.1) is 19.8 Å². The number of nitrogens with zero attached hydrogens (tertiary/aromatic N) is 5. The maximum absolute atomic E-state index is 12.7. The van der Waals surface area contributed by atoms with Crippen LogP contribution in [0.1, 0.15) is 72.1 Å². The molecule has 0 atom stereocenters. The van der Waals surface area contributed by atoms with Gasteiger partial charge in [-0.25, -0.2) is 4.98 Å². The molecule has 1 aliphatic heterocycles. The van der Waals surface area contributed by atoms with Crippen LogP contribution < -0.4 is 0 Å². The molecule has 1 amide bonds. The van der Waals surface area contributed by atoms with Gasteiger partial charge in [-0.1, -0.05) is 6.42 Å². The number of carbonyl (C=O) groups is 1. The maximum atomic E-state index is 12.7. The van der Waals surface area contributed by atoms with Gasteiger partial charge < -0.3 is 9.47 Å². The van der Waals surface area contributed by atoms with E-state index in [-0.39, 0.29) is 5.91 Å². The summed E-state index contributed by atoms with van der Waals surface area (Å²) in [7, 11) is 1.88. The molecule has 0 spiro atoms. The van der Waals surface area contributed by atoms with Crippen molar-refractivity contribution in [1.29, 1.82) is 0 Å². The van der Waals surface area contributed by atoms with Crippen molar-refractivity contribution in [3.05, 3.63) is 35.2 Å². The number of carbonyl (C=O) groups excluding carboxylic acids is 1. The Balaban J connectivity index is 1.30. The van der Waals surface area contributed by atoms with E-state index in [2.05, 4.69) is 21.6 Å². The summed E-state index contributed by atoms with van der Waals surface area (Å²) in [6.45, 7) is 6.90. The van der Waals surface area contributed by atoms with Crippen LogP contribution in [0.3, 0.4) is 0 Å². The molecule has 1 aliphatic carbocycles. The molecule has 6 heteroatoms. The minimum absolute atomic E-state index is 0.0786. The molecule has 2 aromatic heterocycles. The SMILES string of the molecule is Cc1cc(C(=O)N2CCC(CCn3c(C)cnc3C3CCC3)CC2)nn1C. The molecule has 2 aromatic rings. The molecule has 0 N–H and O–H groups in total. The highest BCUT2D eigenvalue weighted by Gasteiger charge is 2.27. The minimum Gasteiger partial charge on any atom is -0.337 e. The van der Waals surface area contributed by atoms with Crippen LogP contribution in [0.2, 0.25) is 0 Å². The lowest BCUT2D eigenvalue weighted by molar-refractivity contribution is 0.0678. The molecule has 0 bridgehead atoms. The van der Waals surface area contributed by atoms with E-state index in [0.717, 1.165) is 38.2 Å². The second-order valence-corrected chi connectivity index (χ2v) is 8.36. The molecule has 0 aromatic carbocycles. The molecule has 3 heterocycles. The van der Waals surface area contributed by atoms with Gasteiger partial charge in [0.2, 0.25) is 0 Å². The lowest BCUT2D eigenvalue weighted by Crippen LogP contribution is -2.39. The number of imidazole rings is 1. The van der Waals surface area contributed by atoms with Gasteiger partial charge in [0.05, 0.1) is 0 Å². The molecule has 0 radical (unpaired) electrons. The Kier molecular flexibility index (Phi) is 5.06. The maximum Gasteiger partial charge on any atom is 0.274 e. The van der Waals surface area contributed by atoms with Crippen LogP contribution in [0.15, 0.2) is 12.3 Å². The van der Waals surface area contributed by atoms with Crippen molar-refractivity contribution in [2.24, 2.45) is 13.0 Å². The summed E-state index contributed by atoms with van der Waals surface area (Å²) in [4.78, 5) is 19.3. The van der Waals surface area contributed by atoms with E-state index in [4.69, 9.17) is 0 Å². The highest BCUT2D eigenvalue weighted by Crippen LogP contribution is 2.36. The molecule has 0 unspecified atom stereocenters. The Bertz CT molecular complexity index is 789. The predicted octanol–water partition coefficient (Wildman–Crippen LogP) is 3.44. The summed E-state index contributed by atoms with van der Waals surface area (Å²) in [5.41, 5.74) is 2.88. The molecular formula is C21H31N5O. The third-order valence-corrected chi connectivity index (χ3v) is 6.55. The summed E-state index contributed by atoms with van der Waals surface area (Å²) in [5.74, 6) is 2.75. The quantitative estimate of drug-likeness (QED) is 0.811. The summed E-state index contributed by atoms with van der Waals surface area (Å²) < 4.78 is 4.21. The largest absolute Gasteiger partial charge is 0.337 e. The van der Waals surface area contributed by atoms with E-state index in [1.165, 1.54) is 37.2 Å². The van der Waals surface area contributed by atoms with Crippen LogP contribution in [0.5, 0.6) is 0 Å². The zero-order valence-corrected chi connectivity index (χ0v) is 16.8. The second kappa shape index (κ2) is 7.49. The van der Waals surface area contributed by atoms with E-state index in [1.54, 1.807) is 4.68 Å². The van der Waals surface area contributed by atoms with Gasteiger partial charge in [-0.15, -0.1) is 0 Å². The zero-order chi connectivity index (χ0) is 19.0. The fourth-order valence-corrected chi connectivity index (χ4v) is 4.33. The van der Waals surface area contributed by atoms with Crippen molar-refractivity contribution in [2.45, 2.75) is 64.8 Å². The highest BCUT2D eigenvalue weighted by molar-refractivity contribution is 5.92. The topological polar surface area (TPSA) is 56.0 Å². The molecular weight excluding hydrogens is 338 g/mol. The van der Waals surface area contributed by atoms with Crippen molar-refractivity contribution in [2.75, 3.05) is 13.1 Å². The Morgan fingerprint density at radius 3 is 2.48 bits per heavy atom. The van der Waals surface area contributed by atoms with Crippen molar-refractivity contribution in [1.82, 2.24) is 24.2 Å². The van der Waals surface area contributed by atoms with Gasteiger partial charge in [0.15, 0.2) is 5.69 Å². The lowest BCUT2D eigenvalue weighted by atomic mass is 9.84. The van der Waals surface area contributed by atoms with E-state index in [0.29, 0.717) is 17.5 Å². The first kappa shape index (κ1) is 18.3. The molecule has 27 heavy (non-hydrogen) atoms. The molecule has 2 fully saturated rings. The predicted molar refractivity (Wildman–Crippen MR) is 105 cm³/mol. The summed E-state index contributed by atoms with van der Waals surface area (Å²) >= 11 is 0. The zero-order valence-electron chi connectivity index (χ0n) is 16.8. The van der Waals surface area contributed by atoms with Crippen molar-refractivity contribution in [3.63, 3.8) is 0 Å². The number of rotatable bonds is 5. The van der Waals surface area contributed by atoms with Gasteiger partial charge in [0.1, 0.15) is 5.82 Å². The number of amides is 1. The van der Waals surface area contributed by atoms with Crippen molar-refractivity contribution < 1.29 is 4.79 Å².